The van der Waals surface area contributed by atoms with Crippen LogP contribution < -0.4 is 10.6 Å². The number of carbonyl (C=O) groups excluding carboxylic acids is 2. The molecule has 0 bridgehead atoms. The summed E-state index contributed by atoms with van der Waals surface area (Å²) in [4.78, 5) is 22.6. The van der Waals surface area contributed by atoms with Crippen molar-refractivity contribution in [3.05, 3.63) is 35.1 Å². The molecule has 0 saturated heterocycles. The second kappa shape index (κ2) is 6.36. The first-order valence-electron chi connectivity index (χ1n) is 5.67. The second-order valence-electron chi connectivity index (χ2n) is 3.83. The van der Waals surface area contributed by atoms with E-state index in [4.69, 9.17) is 0 Å². The molecule has 4 nitrogen and oxygen atoms in total. The van der Waals surface area contributed by atoms with Crippen LogP contribution in [0.25, 0.3) is 0 Å². The summed E-state index contributed by atoms with van der Waals surface area (Å²) in [5.74, 6) is -2.69. The highest BCUT2D eigenvalue weighted by atomic mass is 19.4. The van der Waals surface area contributed by atoms with Crippen LogP contribution >= 0.6 is 0 Å². The fourth-order valence-corrected chi connectivity index (χ4v) is 1.39. The third-order valence-electron chi connectivity index (χ3n) is 2.32. The lowest BCUT2D eigenvalue weighted by Crippen LogP contribution is -2.37. The summed E-state index contributed by atoms with van der Waals surface area (Å²) in [6.45, 7) is 1.56. The summed E-state index contributed by atoms with van der Waals surface area (Å²) in [5.41, 5.74) is -1.90. The van der Waals surface area contributed by atoms with E-state index in [0.29, 0.717) is 24.7 Å². The molecule has 0 atom stereocenters. The van der Waals surface area contributed by atoms with Crippen LogP contribution in [0.5, 0.6) is 0 Å². The van der Waals surface area contributed by atoms with Crippen LogP contribution in [0.3, 0.4) is 0 Å². The molecular formula is C12H12F4N2O2. The Labute approximate surface area is 112 Å². The average molecular weight is 292 g/mol. The third-order valence-corrected chi connectivity index (χ3v) is 2.32. The normalized spacial score (nSPS) is 11.1. The Morgan fingerprint density at radius 3 is 2.40 bits per heavy atom. The quantitative estimate of drug-likeness (QED) is 0.830. The van der Waals surface area contributed by atoms with Gasteiger partial charge >= 0.3 is 6.18 Å². The predicted octanol–water partition coefficient (Wildman–Crippen LogP) is 1.71. The second-order valence-corrected chi connectivity index (χ2v) is 3.83. The van der Waals surface area contributed by atoms with Crippen LogP contribution in [0.15, 0.2) is 18.2 Å². The number of hydrogen-bond acceptors (Lipinski definition) is 2. The first kappa shape index (κ1) is 15.9. The standard InChI is InChI=1S/C12H12F4N2O2/c1-2-17-10(19)6-18-11(20)8-5-7(12(14,15)16)3-4-9(8)13/h3-5H,2,6H2,1H3,(H,17,19)(H,18,20). The molecule has 0 unspecified atom stereocenters. The van der Waals surface area contributed by atoms with Gasteiger partial charge in [0.05, 0.1) is 17.7 Å². The number of likely N-dealkylation sites (N-methyl/N-ethyl adjacent to an activating group) is 1. The SMILES string of the molecule is CCNC(=O)CNC(=O)c1cc(C(F)(F)F)ccc1F. The summed E-state index contributed by atoms with van der Waals surface area (Å²) in [5, 5.41) is 4.42. The van der Waals surface area contributed by atoms with E-state index in [1.54, 1.807) is 6.92 Å². The van der Waals surface area contributed by atoms with E-state index >= 15 is 0 Å². The zero-order valence-corrected chi connectivity index (χ0v) is 10.5. The van der Waals surface area contributed by atoms with Crippen molar-refractivity contribution in [1.29, 1.82) is 0 Å². The Bertz CT molecular complexity index is 515. The number of halogens is 4. The number of alkyl halides is 3. The highest BCUT2D eigenvalue weighted by Gasteiger charge is 2.31. The molecular weight excluding hydrogens is 280 g/mol. The van der Waals surface area contributed by atoms with Gasteiger partial charge in [0.2, 0.25) is 5.91 Å². The van der Waals surface area contributed by atoms with Gasteiger partial charge in [0, 0.05) is 6.54 Å². The van der Waals surface area contributed by atoms with Gasteiger partial charge in [-0.05, 0) is 25.1 Å². The van der Waals surface area contributed by atoms with Crippen molar-refractivity contribution in [3.8, 4) is 0 Å². The van der Waals surface area contributed by atoms with Gasteiger partial charge in [0.1, 0.15) is 5.82 Å². The van der Waals surface area contributed by atoms with Gasteiger partial charge in [-0.3, -0.25) is 9.59 Å². The highest BCUT2D eigenvalue weighted by Crippen LogP contribution is 2.30. The Kier molecular flexibility index (Phi) is 5.06. The number of nitrogens with one attached hydrogen (secondary N) is 2. The molecule has 0 aliphatic rings. The van der Waals surface area contributed by atoms with Crippen LogP contribution in [-0.4, -0.2) is 24.9 Å². The zero-order valence-electron chi connectivity index (χ0n) is 10.5. The molecule has 0 spiro atoms. The van der Waals surface area contributed by atoms with Gasteiger partial charge < -0.3 is 10.6 Å². The molecule has 0 heterocycles. The monoisotopic (exact) mass is 292 g/mol. The van der Waals surface area contributed by atoms with Crippen LogP contribution in [-0.2, 0) is 11.0 Å². The highest BCUT2D eigenvalue weighted by molar-refractivity contribution is 5.96. The Hall–Kier alpha value is -2.12. The first-order chi connectivity index (χ1) is 9.25. The van der Waals surface area contributed by atoms with Gasteiger partial charge in [-0.1, -0.05) is 0 Å². The van der Waals surface area contributed by atoms with Crippen LogP contribution in [0, 0.1) is 5.82 Å². The van der Waals surface area contributed by atoms with E-state index < -0.39 is 41.5 Å². The molecule has 0 aliphatic carbocycles. The molecule has 0 saturated carbocycles. The number of hydrogen-bond donors (Lipinski definition) is 2. The van der Waals surface area contributed by atoms with E-state index in [9.17, 15) is 27.2 Å². The topological polar surface area (TPSA) is 58.2 Å². The number of carbonyl (C=O) groups is 2. The molecule has 8 heteroatoms. The lowest BCUT2D eigenvalue weighted by molar-refractivity contribution is -0.137. The third kappa shape index (κ3) is 4.22. The molecule has 0 aromatic heterocycles. The molecule has 2 amide bonds. The molecule has 0 radical (unpaired) electrons. The minimum atomic E-state index is -4.68. The van der Waals surface area contributed by atoms with Crippen molar-refractivity contribution >= 4 is 11.8 Å². The lowest BCUT2D eigenvalue weighted by atomic mass is 10.1. The molecule has 2 N–H and O–H groups in total. The lowest BCUT2D eigenvalue weighted by Gasteiger charge is -2.10. The first-order valence-corrected chi connectivity index (χ1v) is 5.67. The maximum Gasteiger partial charge on any atom is 0.416 e. The zero-order chi connectivity index (χ0) is 15.3. The maximum absolute atomic E-state index is 13.4. The van der Waals surface area contributed by atoms with Gasteiger partial charge in [-0.25, -0.2) is 4.39 Å². The molecule has 0 aliphatic heterocycles. The van der Waals surface area contributed by atoms with E-state index in [2.05, 4.69) is 5.32 Å². The average Bonchev–Trinajstić information content (AvgIpc) is 2.35. The Morgan fingerprint density at radius 1 is 1.20 bits per heavy atom. The molecule has 20 heavy (non-hydrogen) atoms. The minimum Gasteiger partial charge on any atom is -0.355 e. The Balaban J connectivity index is 2.85. The molecule has 0 fully saturated rings. The van der Waals surface area contributed by atoms with Crippen molar-refractivity contribution < 1.29 is 27.2 Å². The molecule has 110 valence electrons. The van der Waals surface area contributed by atoms with Crippen molar-refractivity contribution in [1.82, 2.24) is 10.6 Å². The van der Waals surface area contributed by atoms with Crippen molar-refractivity contribution in [2.75, 3.05) is 13.1 Å². The van der Waals surface area contributed by atoms with Gasteiger partial charge in [0.15, 0.2) is 0 Å². The summed E-state index contributed by atoms with van der Waals surface area (Å²) < 4.78 is 50.7. The van der Waals surface area contributed by atoms with E-state index in [1.807, 2.05) is 5.32 Å². The van der Waals surface area contributed by atoms with Crippen LogP contribution in [0.1, 0.15) is 22.8 Å². The van der Waals surface area contributed by atoms with Crippen LogP contribution in [0.4, 0.5) is 17.6 Å². The summed E-state index contributed by atoms with van der Waals surface area (Å²) in [6, 6.07) is 1.50. The van der Waals surface area contributed by atoms with Crippen molar-refractivity contribution in [2.45, 2.75) is 13.1 Å². The smallest absolute Gasteiger partial charge is 0.355 e. The number of benzene rings is 1. The van der Waals surface area contributed by atoms with Crippen molar-refractivity contribution in [3.63, 3.8) is 0 Å². The summed E-state index contributed by atoms with van der Waals surface area (Å²) in [6.07, 6.45) is -4.68. The van der Waals surface area contributed by atoms with E-state index in [1.165, 1.54) is 0 Å². The van der Waals surface area contributed by atoms with Gasteiger partial charge in [-0.2, -0.15) is 13.2 Å². The number of amides is 2. The van der Waals surface area contributed by atoms with E-state index in [-0.39, 0.29) is 0 Å². The van der Waals surface area contributed by atoms with E-state index in [0.717, 1.165) is 0 Å². The minimum absolute atomic E-state index is 0.340. The van der Waals surface area contributed by atoms with Crippen LogP contribution in [0.2, 0.25) is 0 Å². The summed E-state index contributed by atoms with van der Waals surface area (Å²) >= 11 is 0. The predicted molar refractivity (Wildman–Crippen MR) is 62.4 cm³/mol. The summed E-state index contributed by atoms with van der Waals surface area (Å²) in [7, 11) is 0. The largest absolute Gasteiger partial charge is 0.416 e. The fraction of sp³-hybridized carbons (Fsp3) is 0.333. The van der Waals surface area contributed by atoms with Gasteiger partial charge in [0.25, 0.3) is 5.91 Å². The van der Waals surface area contributed by atoms with Gasteiger partial charge in [-0.15, -0.1) is 0 Å². The molecule has 1 aromatic carbocycles. The number of rotatable bonds is 4. The molecule has 1 rings (SSSR count). The molecule has 1 aromatic rings. The maximum atomic E-state index is 13.4. The fourth-order valence-electron chi connectivity index (χ4n) is 1.39. The Morgan fingerprint density at radius 2 is 1.85 bits per heavy atom. The van der Waals surface area contributed by atoms with Crippen molar-refractivity contribution in [2.24, 2.45) is 0 Å².